The van der Waals surface area contributed by atoms with Gasteiger partial charge in [0.2, 0.25) is 5.91 Å². The molecule has 2 rings (SSSR count). The molecule has 1 saturated carbocycles. The van der Waals surface area contributed by atoms with Gasteiger partial charge in [0, 0.05) is 19.1 Å². The molecule has 2 aliphatic rings. The van der Waals surface area contributed by atoms with Gasteiger partial charge < -0.3 is 15.4 Å². The van der Waals surface area contributed by atoms with Gasteiger partial charge in [-0.15, -0.1) is 0 Å². The third-order valence-electron chi connectivity index (χ3n) is 3.91. The normalized spacial score (nSPS) is 27.9. The standard InChI is InChI=1S/C13H24N2O2/c1-10(11-4-2-3-5-11)15-13(16)8-12-9-14-6-7-17-12/h10-12,14H,2-9H2,1H3,(H,15,16)/t10-,12?/m1/s1. The lowest BCUT2D eigenvalue weighted by atomic mass is 9.99. The molecule has 1 heterocycles. The fourth-order valence-corrected chi connectivity index (χ4v) is 2.85. The van der Waals surface area contributed by atoms with E-state index in [1.807, 2.05) is 0 Å². The molecule has 4 nitrogen and oxygen atoms in total. The Hall–Kier alpha value is -0.610. The first-order valence-corrected chi connectivity index (χ1v) is 6.87. The first-order chi connectivity index (χ1) is 8.25. The van der Waals surface area contributed by atoms with Crippen molar-refractivity contribution in [2.24, 2.45) is 5.92 Å². The molecule has 0 aromatic carbocycles. The van der Waals surface area contributed by atoms with Crippen molar-refractivity contribution in [2.75, 3.05) is 19.7 Å². The second-order valence-electron chi connectivity index (χ2n) is 5.30. The fraction of sp³-hybridized carbons (Fsp3) is 0.923. The molecule has 17 heavy (non-hydrogen) atoms. The van der Waals surface area contributed by atoms with E-state index in [0.717, 1.165) is 19.7 Å². The van der Waals surface area contributed by atoms with E-state index in [4.69, 9.17) is 4.74 Å². The van der Waals surface area contributed by atoms with Gasteiger partial charge in [0.05, 0.1) is 19.1 Å². The van der Waals surface area contributed by atoms with Gasteiger partial charge in [0.15, 0.2) is 0 Å². The number of amides is 1. The van der Waals surface area contributed by atoms with Crippen LogP contribution in [0, 0.1) is 5.92 Å². The SMILES string of the molecule is C[C@@H](NC(=O)CC1CNCCO1)C1CCCC1. The van der Waals surface area contributed by atoms with Crippen molar-refractivity contribution in [2.45, 2.75) is 51.2 Å². The minimum atomic E-state index is 0.0551. The Balaban J connectivity index is 1.68. The van der Waals surface area contributed by atoms with Crippen molar-refractivity contribution in [1.82, 2.24) is 10.6 Å². The summed E-state index contributed by atoms with van der Waals surface area (Å²) in [6, 6.07) is 0.321. The highest BCUT2D eigenvalue weighted by Gasteiger charge is 2.24. The van der Waals surface area contributed by atoms with Crippen LogP contribution < -0.4 is 10.6 Å². The van der Waals surface area contributed by atoms with Crippen LogP contribution in [0.15, 0.2) is 0 Å². The van der Waals surface area contributed by atoms with Crippen molar-refractivity contribution < 1.29 is 9.53 Å². The summed E-state index contributed by atoms with van der Waals surface area (Å²) in [5, 5.41) is 6.37. The molecule has 98 valence electrons. The molecule has 2 N–H and O–H groups in total. The maximum atomic E-state index is 11.9. The highest BCUT2D eigenvalue weighted by atomic mass is 16.5. The molecule has 2 atom stereocenters. The Labute approximate surface area is 103 Å². The van der Waals surface area contributed by atoms with Crippen LogP contribution in [0.4, 0.5) is 0 Å². The maximum Gasteiger partial charge on any atom is 0.222 e. The molecule has 1 unspecified atom stereocenters. The predicted octanol–water partition coefficient (Wildman–Crippen LogP) is 1.06. The largest absolute Gasteiger partial charge is 0.375 e. The molecule has 0 aromatic rings. The molecule has 4 heteroatoms. The van der Waals surface area contributed by atoms with Gasteiger partial charge in [-0.1, -0.05) is 12.8 Å². The third-order valence-corrected chi connectivity index (χ3v) is 3.91. The molecule has 0 radical (unpaired) electrons. The quantitative estimate of drug-likeness (QED) is 0.772. The summed E-state index contributed by atoms with van der Waals surface area (Å²) < 4.78 is 5.53. The molecule has 0 spiro atoms. The van der Waals surface area contributed by atoms with Gasteiger partial charge in [-0.25, -0.2) is 0 Å². The van der Waals surface area contributed by atoms with Gasteiger partial charge in [-0.2, -0.15) is 0 Å². The van der Waals surface area contributed by atoms with Gasteiger partial charge in [0.1, 0.15) is 0 Å². The first-order valence-electron chi connectivity index (χ1n) is 6.87. The number of rotatable bonds is 4. The fourth-order valence-electron chi connectivity index (χ4n) is 2.85. The Morgan fingerprint density at radius 2 is 2.24 bits per heavy atom. The molecular formula is C13H24N2O2. The van der Waals surface area contributed by atoms with Crippen molar-refractivity contribution in [3.05, 3.63) is 0 Å². The Morgan fingerprint density at radius 1 is 1.47 bits per heavy atom. The van der Waals surface area contributed by atoms with E-state index in [9.17, 15) is 4.79 Å². The monoisotopic (exact) mass is 240 g/mol. The minimum absolute atomic E-state index is 0.0551. The van der Waals surface area contributed by atoms with Crippen molar-refractivity contribution in [1.29, 1.82) is 0 Å². The van der Waals surface area contributed by atoms with Gasteiger partial charge >= 0.3 is 0 Å². The molecule has 2 fully saturated rings. The number of carbonyl (C=O) groups excluding carboxylic acids is 1. The van der Waals surface area contributed by atoms with Crippen LogP contribution >= 0.6 is 0 Å². The van der Waals surface area contributed by atoms with E-state index in [1.54, 1.807) is 0 Å². The average Bonchev–Trinajstić information content (AvgIpc) is 2.83. The van der Waals surface area contributed by atoms with Crippen LogP contribution in [-0.2, 0) is 9.53 Å². The van der Waals surface area contributed by atoms with E-state index in [-0.39, 0.29) is 12.0 Å². The predicted molar refractivity (Wildman–Crippen MR) is 66.8 cm³/mol. The summed E-state index contributed by atoms with van der Waals surface area (Å²) in [7, 11) is 0. The number of ether oxygens (including phenoxy) is 1. The first kappa shape index (κ1) is 12.8. The Morgan fingerprint density at radius 3 is 2.88 bits per heavy atom. The van der Waals surface area contributed by atoms with Crippen molar-refractivity contribution in [3.63, 3.8) is 0 Å². The second-order valence-corrected chi connectivity index (χ2v) is 5.30. The molecule has 1 aliphatic heterocycles. The minimum Gasteiger partial charge on any atom is -0.375 e. The Kier molecular flexibility index (Phi) is 4.80. The molecule has 1 amide bonds. The second kappa shape index (κ2) is 6.36. The van der Waals surface area contributed by atoms with E-state index in [2.05, 4.69) is 17.6 Å². The summed E-state index contributed by atoms with van der Waals surface area (Å²) in [5.41, 5.74) is 0. The van der Waals surface area contributed by atoms with Crippen LogP contribution in [0.3, 0.4) is 0 Å². The molecule has 1 aliphatic carbocycles. The summed E-state index contributed by atoms with van der Waals surface area (Å²) in [6.45, 7) is 4.55. The van der Waals surface area contributed by atoms with Gasteiger partial charge in [-0.05, 0) is 25.7 Å². The van der Waals surface area contributed by atoms with E-state index >= 15 is 0 Å². The topological polar surface area (TPSA) is 50.4 Å². The summed E-state index contributed by atoms with van der Waals surface area (Å²) in [5.74, 6) is 0.822. The molecular weight excluding hydrogens is 216 g/mol. The highest BCUT2D eigenvalue weighted by Crippen LogP contribution is 2.27. The van der Waals surface area contributed by atoms with E-state index in [0.29, 0.717) is 18.4 Å². The van der Waals surface area contributed by atoms with Crippen LogP contribution in [0.25, 0.3) is 0 Å². The van der Waals surface area contributed by atoms with Crippen molar-refractivity contribution >= 4 is 5.91 Å². The van der Waals surface area contributed by atoms with Crippen LogP contribution in [0.5, 0.6) is 0 Å². The maximum absolute atomic E-state index is 11.9. The lowest BCUT2D eigenvalue weighted by Crippen LogP contribution is -2.44. The summed E-state index contributed by atoms with van der Waals surface area (Å²) in [6.07, 6.45) is 5.72. The highest BCUT2D eigenvalue weighted by molar-refractivity contribution is 5.76. The number of carbonyl (C=O) groups is 1. The zero-order valence-corrected chi connectivity index (χ0v) is 10.7. The number of nitrogens with one attached hydrogen (secondary N) is 2. The van der Waals surface area contributed by atoms with Gasteiger partial charge in [0.25, 0.3) is 0 Å². The number of hydrogen-bond donors (Lipinski definition) is 2. The summed E-state index contributed by atoms with van der Waals surface area (Å²) in [4.78, 5) is 11.9. The van der Waals surface area contributed by atoms with E-state index < -0.39 is 0 Å². The zero-order valence-electron chi connectivity index (χ0n) is 10.7. The lowest BCUT2D eigenvalue weighted by Gasteiger charge is -2.25. The van der Waals surface area contributed by atoms with Crippen LogP contribution in [0.1, 0.15) is 39.0 Å². The third kappa shape index (κ3) is 3.96. The van der Waals surface area contributed by atoms with Crippen LogP contribution in [-0.4, -0.2) is 37.7 Å². The van der Waals surface area contributed by atoms with Gasteiger partial charge in [-0.3, -0.25) is 4.79 Å². The average molecular weight is 240 g/mol. The smallest absolute Gasteiger partial charge is 0.222 e. The Bertz CT molecular complexity index is 246. The molecule has 1 saturated heterocycles. The summed E-state index contributed by atoms with van der Waals surface area (Å²) >= 11 is 0. The molecule has 0 bridgehead atoms. The lowest BCUT2D eigenvalue weighted by molar-refractivity contribution is -0.125. The number of morpholine rings is 1. The molecule has 0 aromatic heterocycles. The zero-order chi connectivity index (χ0) is 12.1. The van der Waals surface area contributed by atoms with E-state index in [1.165, 1.54) is 25.7 Å². The van der Waals surface area contributed by atoms with Crippen molar-refractivity contribution in [3.8, 4) is 0 Å². The van der Waals surface area contributed by atoms with Crippen LogP contribution in [0.2, 0.25) is 0 Å². The number of hydrogen-bond acceptors (Lipinski definition) is 3.